The van der Waals surface area contributed by atoms with Crippen LogP contribution in [0.1, 0.15) is 36.2 Å². The summed E-state index contributed by atoms with van der Waals surface area (Å²) in [4.78, 5) is 28.1. The molecule has 1 aromatic carbocycles. The van der Waals surface area contributed by atoms with E-state index in [9.17, 15) is 14.0 Å². The van der Waals surface area contributed by atoms with Gasteiger partial charge in [-0.15, -0.1) is 11.3 Å². The largest absolute Gasteiger partial charge is 0.383 e. The Bertz CT molecular complexity index is 919. The molecule has 3 rings (SSSR count). The predicted octanol–water partition coefficient (Wildman–Crippen LogP) is 3.63. The molecule has 0 radical (unpaired) electrons. The molecule has 1 N–H and O–H groups in total. The van der Waals surface area contributed by atoms with Gasteiger partial charge < -0.3 is 15.0 Å². The zero-order valence-corrected chi connectivity index (χ0v) is 18.5. The minimum Gasteiger partial charge on any atom is -0.383 e. The SMILES string of the molecule is CCCNC(=O)N(CCOC)CC(=O)N1N=C(c2ccccc2F)C[C@@H]1c1cccs1. The van der Waals surface area contributed by atoms with E-state index >= 15 is 0 Å². The van der Waals surface area contributed by atoms with Crippen LogP contribution in [-0.4, -0.2) is 60.9 Å². The minimum absolute atomic E-state index is 0.144. The molecular formula is C22H27FN4O3S. The van der Waals surface area contributed by atoms with E-state index in [0.717, 1.165) is 11.3 Å². The normalized spacial score (nSPS) is 15.6. The smallest absolute Gasteiger partial charge is 0.317 e. The highest BCUT2D eigenvalue weighted by atomic mass is 32.1. The fourth-order valence-corrected chi connectivity index (χ4v) is 4.15. The number of hydrogen-bond donors (Lipinski definition) is 1. The number of urea groups is 1. The molecule has 2 heterocycles. The number of ether oxygens (including phenoxy) is 1. The standard InChI is InChI=1S/C22H27FN4O3S/c1-3-10-24-22(29)26(11-12-30-2)15-21(28)27-19(20-9-6-13-31-20)14-18(25-27)16-7-4-5-8-17(16)23/h4-9,13,19H,3,10-12,14-15H2,1-2H3,(H,24,29)/t19-/m1/s1. The Hall–Kier alpha value is -2.78. The number of nitrogens with zero attached hydrogens (tertiary/aromatic N) is 3. The van der Waals surface area contributed by atoms with E-state index in [1.54, 1.807) is 25.3 Å². The molecular weight excluding hydrogens is 419 g/mol. The number of hydrazone groups is 1. The summed E-state index contributed by atoms with van der Waals surface area (Å²) in [5, 5.41) is 10.6. The maximum absolute atomic E-state index is 14.4. The third kappa shape index (κ3) is 5.68. The molecule has 2 aromatic rings. The number of amides is 3. The summed E-state index contributed by atoms with van der Waals surface area (Å²) in [6, 6.07) is 9.61. The van der Waals surface area contributed by atoms with Crippen molar-refractivity contribution in [2.45, 2.75) is 25.8 Å². The molecule has 0 bridgehead atoms. The van der Waals surface area contributed by atoms with Crippen molar-refractivity contribution in [1.82, 2.24) is 15.2 Å². The Morgan fingerprint density at radius 1 is 1.32 bits per heavy atom. The predicted molar refractivity (Wildman–Crippen MR) is 119 cm³/mol. The molecule has 31 heavy (non-hydrogen) atoms. The molecule has 0 fully saturated rings. The van der Waals surface area contributed by atoms with E-state index in [2.05, 4.69) is 10.4 Å². The number of thiophene rings is 1. The van der Waals surface area contributed by atoms with Gasteiger partial charge in [-0.05, 0) is 23.9 Å². The van der Waals surface area contributed by atoms with E-state index in [1.807, 2.05) is 24.4 Å². The van der Waals surface area contributed by atoms with Crippen LogP contribution in [0.4, 0.5) is 9.18 Å². The molecule has 1 aliphatic heterocycles. The second kappa shape index (κ2) is 11.0. The van der Waals surface area contributed by atoms with E-state index < -0.39 is 0 Å². The van der Waals surface area contributed by atoms with Gasteiger partial charge in [0.25, 0.3) is 5.91 Å². The maximum Gasteiger partial charge on any atom is 0.317 e. The molecule has 9 heteroatoms. The van der Waals surface area contributed by atoms with E-state index in [0.29, 0.717) is 30.8 Å². The van der Waals surface area contributed by atoms with Crippen LogP contribution in [0.15, 0.2) is 46.9 Å². The van der Waals surface area contributed by atoms with Crippen molar-refractivity contribution in [2.24, 2.45) is 5.10 Å². The summed E-state index contributed by atoms with van der Waals surface area (Å²) in [6.45, 7) is 2.92. The number of carbonyl (C=O) groups is 2. The van der Waals surface area contributed by atoms with Crippen LogP contribution in [0.2, 0.25) is 0 Å². The Balaban J connectivity index is 1.83. The summed E-state index contributed by atoms with van der Waals surface area (Å²) in [5.74, 6) is -0.700. The van der Waals surface area contributed by atoms with Crippen molar-refractivity contribution in [2.75, 3.05) is 33.4 Å². The van der Waals surface area contributed by atoms with Gasteiger partial charge in [0, 0.05) is 37.1 Å². The molecule has 1 aromatic heterocycles. The lowest BCUT2D eigenvalue weighted by Crippen LogP contribution is -2.47. The van der Waals surface area contributed by atoms with Crippen molar-refractivity contribution < 1.29 is 18.7 Å². The molecule has 0 spiro atoms. The van der Waals surface area contributed by atoms with Crippen LogP contribution in [-0.2, 0) is 9.53 Å². The Morgan fingerprint density at radius 3 is 2.81 bits per heavy atom. The Labute approximate surface area is 185 Å². The summed E-state index contributed by atoms with van der Waals surface area (Å²) >= 11 is 1.52. The molecule has 0 saturated heterocycles. The van der Waals surface area contributed by atoms with Crippen molar-refractivity contribution in [1.29, 1.82) is 0 Å². The van der Waals surface area contributed by atoms with Gasteiger partial charge in [-0.2, -0.15) is 5.10 Å². The van der Waals surface area contributed by atoms with Crippen LogP contribution in [0.5, 0.6) is 0 Å². The molecule has 0 aliphatic carbocycles. The van der Waals surface area contributed by atoms with Crippen LogP contribution in [0.25, 0.3) is 0 Å². The lowest BCUT2D eigenvalue weighted by Gasteiger charge is -2.26. The zero-order chi connectivity index (χ0) is 22.2. The van der Waals surface area contributed by atoms with Gasteiger partial charge >= 0.3 is 6.03 Å². The first-order valence-electron chi connectivity index (χ1n) is 10.2. The first-order valence-corrected chi connectivity index (χ1v) is 11.1. The maximum atomic E-state index is 14.4. The van der Waals surface area contributed by atoms with Gasteiger partial charge in [-0.3, -0.25) is 4.79 Å². The third-order valence-electron chi connectivity index (χ3n) is 4.93. The monoisotopic (exact) mass is 446 g/mol. The highest BCUT2D eigenvalue weighted by Gasteiger charge is 2.35. The number of methoxy groups -OCH3 is 1. The first-order chi connectivity index (χ1) is 15.0. The molecule has 7 nitrogen and oxygen atoms in total. The van der Waals surface area contributed by atoms with Crippen LogP contribution in [0, 0.1) is 5.82 Å². The van der Waals surface area contributed by atoms with E-state index in [1.165, 1.54) is 27.3 Å². The number of halogens is 1. The van der Waals surface area contributed by atoms with Gasteiger partial charge in [0.1, 0.15) is 12.4 Å². The molecule has 0 unspecified atom stereocenters. The summed E-state index contributed by atoms with van der Waals surface area (Å²) in [5.41, 5.74) is 0.903. The van der Waals surface area contributed by atoms with Gasteiger partial charge in [0.15, 0.2) is 0 Å². The topological polar surface area (TPSA) is 74.2 Å². The van der Waals surface area contributed by atoms with Gasteiger partial charge in [0.2, 0.25) is 0 Å². The van der Waals surface area contributed by atoms with Crippen LogP contribution >= 0.6 is 11.3 Å². The Morgan fingerprint density at radius 2 is 2.13 bits per heavy atom. The van der Waals surface area contributed by atoms with Crippen molar-refractivity contribution in [3.05, 3.63) is 58.0 Å². The molecule has 1 atom stereocenters. The first kappa shape index (κ1) is 22.9. The minimum atomic E-state index is -0.374. The van der Waals surface area contributed by atoms with Gasteiger partial charge in [-0.1, -0.05) is 31.2 Å². The molecule has 3 amide bonds. The second-order valence-corrected chi connectivity index (χ2v) is 8.13. The van der Waals surface area contributed by atoms with Crippen LogP contribution in [0.3, 0.4) is 0 Å². The van der Waals surface area contributed by atoms with Gasteiger partial charge in [0.05, 0.1) is 18.4 Å². The highest BCUT2D eigenvalue weighted by molar-refractivity contribution is 7.10. The average molecular weight is 447 g/mol. The zero-order valence-electron chi connectivity index (χ0n) is 17.7. The number of benzene rings is 1. The van der Waals surface area contributed by atoms with Crippen molar-refractivity contribution >= 4 is 29.0 Å². The van der Waals surface area contributed by atoms with Crippen molar-refractivity contribution in [3.8, 4) is 0 Å². The summed E-state index contributed by atoms with van der Waals surface area (Å²) in [6.07, 6.45) is 1.20. The van der Waals surface area contributed by atoms with Crippen molar-refractivity contribution in [3.63, 3.8) is 0 Å². The van der Waals surface area contributed by atoms with E-state index in [4.69, 9.17) is 4.74 Å². The lowest BCUT2D eigenvalue weighted by molar-refractivity contribution is -0.133. The van der Waals surface area contributed by atoms with Gasteiger partial charge in [-0.25, -0.2) is 14.2 Å². The third-order valence-corrected chi connectivity index (χ3v) is 5.90. The fraction of sp³-hybridized carbons (Fsp3) is 0.409. The highest BCUT2D eigenvalue weighted by Crippen LogP contribution is 2.35. The number of rotatable bonds is 9. The second-order valence-electron chi connectivity index (χ2n) is 7.15. The van der Waals surface area contributed by atoms with Crippen LogP contribution < -0.4 is 5.32 Å². The summed E-state index contributed by atoms with van der Waals surface area (Å²) in [7, 11) is 1.54. The number of hydrogen-bond acceptors (Lipinski definition) is 5. The van der Waals surface area contributed by atoms with E-state index in [-0.39, 0.29) is 36.9 Å². The number of nitrogens with one attached hydrogen (secondary N) is 1. The Kier molecular flexibility index (Phi) is 8.13. The molecule has 1 aliphatic rings. The molecule has 0 saturated carbocycles. The number of carbonyl (C=O) groups excluding carboxylic acids is 2. The molecule has 166 valence electrons. The quantitative estimate of drug-likeness (QED) is 0.639. The lowest BCUT2D eigenvalue weighted by atomic mass is 10.0. The average Bonchev–Trinajstić information content (AvgIpc) is 3.45. The fourth-order valence-electron chi connectivity index (χ4n) is 3.33. The summed E-state index contributed by atoms with van der Waals surface area (Å²) < 4.78 is 19.4.